The van der Waals surface area contributed by atoms with Gasteiger partial charge in [0.2, 0.25) is 5.91 Å². The van der Waals surface area contributed by atoms with Crippen molar-refractivity contribution in [3.8, 4) is 5.75 Å². The molecule has 0 bridgehead atoms. The molecule has 0 saturated carbocycles. The Labute approximate surface area is 133 Å². The van der Waals surface area contributed by atoms with E-state index in [0.717, 1.165) is 11.1 Å². The normalized spacial score (nSPS) is 10.3. The average molecular weight is 324 g/mol. The van der Waals surface area contributed by atoms with E-state index in [1.807, 2.05) is 13.0 Å². The number of benzene rings is 2. The molecule has 0 radical (unpaired) electrons. The first kappa shape index (κ1) is 15.7. The fourth-order valence-corrected chi connectivity index (χ4v) is 2.45. The molecule has 0 saturated heterocycles. The summed E-state index contributed by atoms with van der Waals surface area (Å²) in [6.45, 7) is 1.94. The van der Waals surface area contributed by atoms with Crippen molar-refractivity contribution in [1.29, 1.82) is 0 Å². The molecule has 0 atom stereocenters. The van der Waals surface area contributed by atoms with Gasteiger partial charge in [0.05, 0.1) is 24.2 Å². The Kier molecular flexibility index (Phi) is 5.10. The summed E-state index contributed by atoms with van der Waals surface area (Å²) in [6, 6.07) is 10.7. The van der Waals surface area contributed by atoms with Crippen molar-refractivity contribution in [2.45, 2.75) is 13.3 Å². The van der Waals surface area contributed by atoms with Crippen LogP contribution in [0.4, 0.5) is 5.69 Å². The number of rotatable bonds is 4. The second kappa shape index (κ2) is 6.83. The molecule has 3 nitrogen and oxygen atoms in total. The number of anilines is 1. The van der Waals surface area contributed by atoms with Crippen LogP contribution in [0.5, 0.6) is 5.75 Å². The van der Waals surface area contributed by atoms with Crippen LogP contribution in [0.25, 0.3) is 0 Å². The Morgan fingerprint density at radius 1 is 1.19 bits per heavy atom. The van der Waals surface area contributed by atoms with Crippen molar-refractivity contribution in [2.75, 3.05) is 12.4 Å². The van der Waals surface area contributed by atoms with Gasteiger partial charge in [-0.3, -0.25) is 4.79 Å². The van der Waals surface area contributed by atoms with E-state index < -0.39 is 0 Å². The number of amides is 1. The number of carbonyl (C=O) groups is 1. The van der Waals surface area contributed by atoms with Crippen molar-refractivity contribution in [3.05, 3.63) is 57.6 Å². The molecule has 1 N–H and O–H groups in total. The average Bonchev–Trinajstić information content (AvgIpc) is 2.42. The maximum absolute atomic E-state index is 12.1. The summed E-state index contributed by atoms with van der Waals surface area (Å²) in [6.07, 6.45) is 0.161. The zero-order chi connectivity index (χ0) is 15.4. The Morgan fingerprint density at radius 3 is 2.62 bits per heavy atom. The summed E-state index contributed by atoms with van der Waals surface area (Å²) in [7, 11) is 1.56. The smallest absolute Gasteiger partial charge is 0.228 e. The van der Waals surface area contributed by atoms with Gasteiger partial charge in [0, 0.05) is 10.6 Å². The van der Waals surface area contributed by atoms with E-state index in [0.29, 0.717) is 21.5 Å². The zero-order valence-electron chi connectivity index (χ0n) is 11.7. The van der Waals surface area contributed by atoms with E-state index in [9.17, 15) is 4.79 Å². The maximum atomic E-state index is 12.1. The van der Waals surface area contributed by atoms with E-state index in [4.69, 9.17) is 27.9 Å². The van der Waals surface area contributed by atoms with Crippen LogP contribution in [0.2, 0.25) is 10.0 Å². The number of nitrogens with one attached hydrogen (secondary N) is 1. The van der Waals surface area contributed by atoms with E-state index in [1.165, 1.54) is 0 Å². The zero-order valence-corrected chi connectivity index (χ0v) is 13.3. The third kappa shape index (κ3) is 4.13. The van der Waals surface area contributed by atoms with Crippen LogP contribution in [-0.4, -0.2) is 13.0 Å². The van der Waals surface area contributed by atoms with Gasteiger partial charge in [-0.25, -0.2) is 0 Å². The van der Waals surface area contributed by atoms with Gasteiger partial charge in [-0.1, -0.05) is 29.3 Å². The van der Waals surface area contributed by atoms with Gasteiger partial charge in [0.25, 0.3) is 0 Å². The lowest BCUT2D eigenvalue weighted by molar-refractivity contribution is -0.115. The third-order valence-electron chi connectivity index (χ3n) is 2.99. The van der Waals surface area contributed by atoms with Crippen molar-refractivity contribution in [3.63, 3.8) is 0 Å². The lowest BCUT2D eigenvalue weighted by Crippen LogP contribution is -2.15. The summed E-state index contributed by atoms with van der Waals surface area (Å²) in [5.74, 6) is 0.450. The Bertz CT molecular complexity index is 671. The molecule has 0 unspecified atom stereocenters. The Morgan fingerprint density at radius 2 is 1.95 bits per heavy atom. The SMILES string of the molecule is COc1ccc(Cl)cc1CC(=O)Nc1ccc(C)cc1Cl. The topological polar surface area (TPSA) is 38.3 Å². The molecule has 2 aromatic rings. The van der Waals surface area contributed by atoms with Crippen LogP contribution < -0.4 is 10.1 Å². The fourth-order valence-electron chi connectivity index (χ4n) is 1.97. The van der Waals surface area contributed by atoms with Gasteiger partial charge < -0.3 is 10.1 Å². The summed E-state index contributed by atoms with van der Waals surface area (Å²) >= 11 is 12.1. The molecule has 0 fully saturated rings. The molecule has 21 heavy (non-hydrogen) atoms. The molecule has 0 heterocycles. The first-order valence-corrected chi connectivity index (χ1v) is 7.13. The predicted molar refractivity (Wildman–Crippen MR) is 86.5 cm³/mol. The van der Waals surface area contributed by atoms with Crippen LogP contribution in [-0.2, 0) is 11.2 Å². The molecular formula is C16H15Cl2NO2. The highest BCUT2D eigenvalue weighted by molar-refractivity contribution is 6.33. The van der Waals surface area contributed by atoms with E-state index in [-0.39, 0.29) is 12.3 Å². The summed E-state index contributed by atoms with van der Waals surface area (Å²) < 4.78 is 5.23. The highest BCUT2D eigenvalue weighted by atomic mass is 35.5. The number of methoxy groups -OCH3 is 1. The lowest BCUT2D eigenvalue weighted by Gasteiger charge is -2.11. The number of halogens is 2. The van der Waals surface area contributed by atoms with Crippen LogP contribution in [0.1, 0.15) is 11.1 Å². The number of ether oxygens (including phenoxy) is 1. The summed E-state index contributed by atoms with van der Waals surface area (Å²) in [5, 5.41) is 3.86. The van der Waals surface area contributed by atoms with E-state index in [1.54, 1.807) is 37.4 Å². The van der Waals surface area contributed by atoms with Crippen LogP contribution in [0, 0.1) is 6.92 Å². The van der Waals surface area contributed by atoms with Crippen molar-refractivity contribution >= 4 is 34.8 Å². The molecule has 0 aliphatic heterocycles. The van der Waals surface area contributed by atoms with Crippen LogP contribution >= 0.6 is 23.2 Å². The predicted octanol–water partition coefficient (Wildman–Crippen LogP) is 4.49. The monoisotopic (exact) mass is 323 g/mol. The van der Waals surface area contributed by atoms with Gasteiger partial charge in [0.1, 0.15) is 5.75 Å². The summed E-state index contributed by atoms with van der Waals surface area (Å²) in [5.41, 5.74) is 2.36. The third-order valence-corrected chi connectivity index (χ3v) is 3.54. The lowest BCUT2D eigenvalue weighted by atomic mass is 10.1. The van der Waals surface area contributed by atoms with Crippen molar-refractivity contribution in [2.24, 2.45) is 0 Å². The molecule has 0 spiro atoms. The van der Waals surface area contributed by atoms with Crippen LogP contribution in [0.3, 0.4) is 0 Å². The molecule has 5 heteroatoms. The van der Waals surface area contributed by atoms with Gasteiger partial charge in [0.15, 0.2) is 0 Å². The Hall–Kier alpha value is -1.71. The molecule has 2 aromatic carbocycles. The molecular weight excluding hydrogens is 309 g/mol. The van der Waals surface area contributed by atoms with Gasteiger partial charge in [-0.2, -0.15) is 0 Å². The minimum atomic E-state index is -0.179. The number of hydrogen-bond donors (Lipinski definition) is 1. The number of hydrogen-bond acceptors (Lipinski definition) is 2. The molecule has 2 rings (SSSR count). The van der Waals surface area contributed by atoms with E-state index in [2.05, 4.69) is 5.32 Å². The van der Waals surface area contributed by atoms with Gasteiger partial charge in [-0.15, -0.1) is 0 Å². The fraction of sp³-hybridized carbons (Fsp3) is 0.188. The maximum Gasteiger partial charge on any atom is 0.228 e. The minimum absolute atomic E-state index is 0.161. The molecule has 110 valence electrons. The molecule has 1 amide bonds. The number of aryl methyl sites for hydroxylation is 1. The highest BCUT2D eigenvalue weighted by Gasteiger charge is 2.11. The van der Waals surface area contributed by atoms with Gasteiger partial charge in [-0.05, 0) is 42.8 Å². The second-order valence-corrected chi connectivity index (χ2v) is 5.51. The molecule has 0 aromatic heterocycles. The largest absolute Gasteiger partial charge is 0.496 e. The standard InChI is InChI=1S/C16H15Cl2NO2/c1-10-3-5-14(13(18)7-10)19-16(20)9-11-8-12(17)4-6-15(11)21-2/h3-8H,9H2,1-2H3,(H,19,20). The first-order valence-electron chi connectivity index (χ1n) is 6.38. The quantitative estimate of drug-likeness (QED) is 0.900. The summed E-state index contributed by atoms with van der Waals surface area (Å²) in [4.78, 5) is 12.1. The van der Waals surface area contributed by atoms with Gasteiger partial charge >= 0.3 is 0 Å². The molecule has 0 aliphatic carbocycles. The van der Waals surface area contributed by atoms with E-state index >= 15 is 0 Å². The highest BCUT2D eigenvalue weighted by Crippen LogP contribution is 2.25. The minimum Gasteiger partial charge on any atom is -0.496 e. The molecule has 0 aliphatic rings. The Balaban J connectivity index is 2.13. The first-order chi connectivity index (χ1) is 9.99. The van der Waals surface area contributed by atoms with Crippen LogP contribution in [0.15, 0.2) is 36.4 Å². The van der Waals surface area contributed by atoms with Crippen molar-refractivity contribution < 1.29 is 9.53 Å². The van der Waals surface area contributed by atoms with Crippen molar-refractivity contribution in [1.82, 2.24) is 0 Å². The second-order valence-electron chi connectivity index (χ2n) is 4.66. The number of carbonyl (C=O) groups excluding carboxylic acids is 1.